The van der Waals surface area contributed by atoms with Gasteiger partial charge in [0.15, 0.2) is 56.1 Å². The molecule has 12 rings (SSSR count). The molecule has 18 N–H and O–H groups in total. The molecule has 37 nitrogen and oxygen atoms in total. The minimum absolute atomic E-state index is 0.0208. The monoisotopic (exact) mass is 1600 g/mol. The van der Waals surface area contributed by atoms with Gasteiger partial charge in [0, 0.05) is 12.8 Å². The largest absolute Gasteiger partial charge is 0.479 e. The summed E-state index contributed by atoms with van der Waals surface area (Å²) in [6.45, 7) is 19.5. The van der Waals surface area contributed by atoms with E-state index in [0.29, 0.717) is 32.1 Å². The van der Waals surface area contributed by atoms with Crippen LogP contribution < -0.4 is 0 Å². The second-order valence-electron chi connectivity index (χ2n) is 34.9. The van der Waals surface area contributed by atoms with Crippen molar-refractivity contribution in [3.8, 4) is 0 Å². The standard InChI is InChI=1S/C74H116O37/c1-25-38-31-13-14-35-70(9)17-16-37(104-67-58(109-65-50(91)45(86)42(83)33(22-75)103-65)55(52(93)56(107-67)60(94)95)106-62-48(89)43(84)39(80)26(2)98-62)71(10,24-76)34(70)15-18-72(35,11)73(31,12)21-36(79)74(38,20-19-69(25,7)8)68(96)111-66-59(57(54(29(5)101-66)102-30(6)77)108-63-49(90)44(85)40(81)27(3)99-63)110-64-51(92)46(87)53(28(4)100-64)105-61-47(88)41(82)32(78)23-97-61/h13,24-29,32-59,61-67,75,78-93H,14-23H2,1-12H3,(H,94,95). The molecule has 0 aromatic heterocycles. The van der Waals surface area contributed by atoms with Crippen LogP contribution in [0.1, 0.15) is 134 Å². The molecule has 7 saturated heterocycles. The van der Waals surface area contributed by atoms with Crippen LogP contribution >= 0.6 is 0 Å². The molecule has 5 aliphatic carbocycles. The summed E-state index contributed by atoms with van der Waals surface area (Å²) in [5, 5.41) is 200. The molecule has 11 fully saturated rings. The number of rotatable bonds is 18. The maximum absolute atomic E-state index is 16.4. The number of allylic oxidation sites excluding steroid dienone is 2. The average Bonchev–Trinajstić information content (AvgIpc) is 0.666. The van der Waals surface area contributed by atoms with Gasteiger partial charge < -0.3 is 168 Å². The SMILES string of the molecule is CC(=O)OC1C(C)OC(OC(=O)C23CCC(C)(C)C(C)C2C2=CCC4C5(C)CCC(OC6OC(C(=O)O)C(O)C(OC7OC(C)C(O)C(O)C7O)C6OC6OC(CO)C(O)C(O)C6O)C(C)(C=O)C5CCC4(C)C2(C)CC3O)C(OC2OC(C)C(OC3OCC(O)C(O)C3O)C(O)C2O)C1OC1OC(C)C(O)C(O)C1O. The van der Waals surface area contributed by atoms with Gasteiger partial charge in [0.25, 0.3) is 0 Å². The number of carbonyl (C=O) groups is 4. The van der Waals surface area contributed by atoms with Crippen molar-refractivity contribution in [2.24, 2.45) is 56.2 Å². The van der Waals surface area contributed by atoms with E-state index in [0.717, 1.165) is 18.8 Å². The zero-order chi connectivity index (χ0) is 81.5. The van der Waals surface area contributed by atoms with Gasteiger partial charge >= 0.3 is 17.9 Å². The predicted octanol–water partition coefficient (Wildman–Crippen LogP) is -4.75. The first-order valence-electron chi connectivity index (χ1n) is 38.6. The normalized spacial score (nSPS) is 54.7. The van der Waals surface area contributed by atoms with Gasteiger partial charge in [0.2, 0.25) is 6.29 Å². The first-order chi connectivity index (χ1) is 51.9. The Labute approximate surface area is 640 Å². The topological polar surface area (TPSA) is 571 Å². The van der Waals surface area contributed by atoms with Gasteiger partial charge in [-0.15, -0.1) is 0 Å². The highest BCUT2D eigenvalue weighted by molar-refractivity contribution is 5.80. The average molecular weight is 1600 g/mol. The summed E-state index contributed by atoms with van der Waals surface area (Å²) in [7, 11) is 0. The lowest BCUT2D eigenvalue weighted by Crippen LogP contribution is -2.70. The van der Waals surface area contributed by atoms with Crippen LogP contribution in [-0.4, -0.2) is 350 Å². The van der Waals surface area contributed by atoms with Gasteiger partial charge in [-0.3, -0.25) is 9.59 Å². The van der Waals surface area contributed by atoms with Crippen LogP contribution in [0.5, 0.6) is 0 Å². The molecular weight excluding hydrogens is 1480 g/mol. The van der Waals surface area contributed by atoms with E-state index in [-0.39, 0.29) is 25.2 Å². The van der Waals surface area contributed by atoms with Crippen LogP contribution in [0.25, 0.3) is 0 Å². The number of hydrogen-bond acceptors (Lipinski definition) is 36. The van der Waals surface area contributed by atoms with E-state index < -0.39 is 302 Å². The maximum atomic E-state index is 16.4. The van der Waals surface area contributed by atoms with Gasteiger partial charge in [-0.05, 0) is 118 Å². The fourth-order valence-electron chi connectivity index (χ4n) is 21.1. The number of aliphatic hydroxyl groups excluding tert-OH is 17. The van der Waals surface area contributed by atoms with Crippen molar-refractivity contribution in [2.45, 2.75) is 355 Å². The smallest absolute Gasteiger partial charge is 0.335 e. The van der Waals surface area contributed by atoms with E-state index in [1.165, 1.54) is 27.7 Å². The number of fused-ring (bicyclic) bond motifs is 7. The summed E-state index contributed by atoms with van der Waals surface area (Å²) in [6.07, 6.45) is -59.1. The molecule has 634 valence electrons. The molecule has 0 spiro atoms. The van der Waals surface area contributed by atoms with Gasteiger partial charge in [0.05, 0.1) is 55.3 Å². The molecule has 45 unspecified atom stereocenters. The molecule has 0 radical (unpaired) electrons. The highest BCUT2D eigenvalue weighted by atomic mass is 16.8. The van der Waals surface area contributed by atoms with Crippen molar-refractivity contribution < 1.29 is 182 Å². The summed E-state index contributed by atoms with van der Waals surface area (Å²) in [5.74, 6) is -5.60. The van der Waals surface area contributed by atoms with E-state index in [9.17, 15) is 106 Å². The number of aliphatic carboxylic acids is 1. The molecule has 7 heterocycles. The molecular formula is C74H116O37. The Morgan fingerprint density at radius 3 is 1.59 bits per heavy atom. The van der Waals surface area contributed by atoms with E-state index >= 15 is 4.79 Å². The highest BCUT2D eigenvalue weighted by Gasteiger charge is 2.74. The van der Waals surface area contributed by atoms with Crippen molar-refractivity contribution in [1.29, 1.82) is 0 Å². The zero-order valence-corrected chi connectivity index (χ0v) is 64.1. The second-order valence-corrected chi connectivity index (χ2v) is 34.9. The molecule has 7 aliphatic heterocycles. The van der Waals surface area contributed by atoms with E-state index in [1.807, 2.05) is 6.92 Å². The van der Waals surface area contributed by atoms with Crippen LogP contribution in [-0.2, 0) is 90.2 Å². The first-order valence-corrected chi connectivity index (χ1v) is 38.6. The summed E-state index contributed by atoms with van der Waals surface area (Å²) < 4.78 is 92.2. The maximum Gasteiger partial charge on any atom is 0.335 e. The Hall–Kier alpha value is -3.38. The number of esters is 2. The second kappa shape index (κ2) is 32.4. The molecule has 45 atom stereocenters. The molecule has 37 heteroatoms. The first kappa shape index (κ1) is 86.9. The van der Waals surface area contributed by atoms with Gasteiger partial charge in [-0.25, -0.2) is 4.79 Å². The third kappa shape index (κ3) is 14.8. The van der Waals surface area contributed by atoms with Crippen LogP contribution in [0.3, 0.4) is 0 Å². The number of carboxylic acids is 1. The number of carbonyl (C=O) groups excluding carboxylic acids is 3. The number of carboxylic acid groups (broad SMARTS) is 1. The molecule has 0 amide bonds. The fourth-order valence-corrected chi connectivity index (χ4v) is 21.1. The highest BCUT2D eigenvalue weighted by Crippen LogP contribution is 2.77. The Kier molecular flexibility index (Phi) is 25.4. The summed E-state index contributed by atoms with van der Waals surface area (Å²) in [5.41, 5.74) is -5.32. The van der Waals surface area contributed by atoms with E-state index in [1.54, 1.807) is 6.92 Å². The number of ether oxygens (including phenoxy) is 15. The van der Waals surface area contributed by atoms with Crippen molar-refractivity contribution in [2.75, 3.05) is 13.2 Å². The van der Waals surface area contributed by atoms with E-state index in [2.05, 4.69) is 40.7 Å². The minimum atomic E-state index is -2.25. The Morgan fingerprint density at radius 1 is 0.495 bits per heavy atom. The van der Waals surface area contributed by atoms with Crippen molar-refractivity contribution in [3.63, 3.8) is 0 Å². The summed E-state index contributed by atoms with van der Waals surface area (Å²) in [6, 6.07) is 0. The Balaban J connectivity index is 0.859. The summed E-state index contributed by atoms with van der Waals surface area (Å²) >= 11 is 0. The number of aldehydes is 1. The molecule has 0 aromatic carbocycles. The third-order valence-corrected chi connectivity index (χ3v) is 28.3. The molecule has 111 heavy (non-hydrogen) atoms. The lowest BCUT2D eigenvalue weighted by molar-refractivity contribution is -0.394. The van der Waals surface area contributed by atoms with Crippen LogP contribution in [0.4, 0.5) is 0 Å². The molecule has 0 bridgehead atoms. The summed E-state index contributed by atoms with van der Waals surface area (Å²) in [4.78, 5) is 57.0. The van der Waals surface area contributed by atoms with Crippen LogP contribution in [0.15, 0.2) is 11.6 Å². The fraction of sp³-hybridized carbons (Fsp3) is 0.919. The van der Waals surface area contributed by atoms with E-state index in [4.69, 9.17) is 71.1 Å². The van der Waals surface area contributed by atoms with Gasteiger partial charge in [0.1, 0.15) is 134 Å². The Bertz CT molecular complexity index is 3320. The lowest BCUT2D eigenvalue weighted by atomic mass is 9.32. The number of hydrogen-bond donors (Lipinski definition) is 18. The lowest BCUT2D eigenvalue weighted by Gasteiger charge is -2.72. The minimum Gasteiger partial charge on any atom is -0.479 e. The van der Waals surface area contributed by atoms with Crippen molar-refractivity contribution >= 4 is 24.2 Å². The van der Waals surface area contributed by atoms with Crippen LogP contribution in [0.2, 0.25) is 0 Å². The molecule has 0 aromatic rings. The van der Waals surface area contributed by atoms with Crippen LogP contribution in [0, 0.1) is 56.2 Å². The van der Waals surface area contributed by atoms with Gasteiger partial charge in [-0.2, -0.15) is 0 Å². The quantitative estimate of drug-likeness (QED) is 0.0265. The predicted molar refractivity (Wildman–Crippen MR) is 365 cm³/mol. The molecule has 12 aliphatic rings. The Morgan fingerprint density at radius 2 is 1.01 bits per heavy atom. The zero-order valence-electron chi connectivity index (χ0n) is 64.1. The molecule has 4 saturated carbocycles. The third-order valence-electron chi connectivity index (χ3n) is 28.3. The number of aliphatic hydroxyl groups is 17. The van der Waals surface area contributed by atoms with Crippen molar-refractivity contribution in [3.05, 3.63) is 11.6 Å². The van der Waals surface area contributed by atoms with Crippen molar-refractivity contribution in [1.82, 2.24) is 0 Å². The van der Waals surface area contributed by atoms with Gasteiger partial charge in [-0.1, -0.05) is 60.1 Å².